The third-order valence-electron chi connectivity index (χ3n) is 2.51. The number of aliphatic hydroxyl groups excluding tert-OH is 1. The maximum Gasteiger partial charge on any atom is 0.394 e. The zero-order valence-electron chi connectivity index (χ0n) is 11.8. The SMILES string of the molecule is CCCCCCCCCCCCO.O=S(=O)(O)O.[Zr]. The fraction of sp³-hybridized carbons (Fsp3) is 1.00. The molecule has 0 aliphatic heterocycles. The summed E-state index contributed by atoms with van der Waals surface area (Å²) in [5.41, 5.74) is 0. The molecule has 0 aliphatic rings. The molecule has 0 spiro atoms. The quantitative estimate of drug-likeness (QED) is 0.402. The Morgan fingerprint density at radius 3 is 1.26 bits per heavy atom. The van der Waals surface area contributed by atoms with E-state index in [0.717, 1.165) is 6.42 Å². The van der Waals surface area contributed by atoms with Crippen LogP contribution in [0.3, 0.4) is 0 Å². The molecule has 0 saturated carbocycles. The van der Waals surface area contributed by atoms with Crippen molar-refractivity contribution in [3.8, 4) is 0 Å². The van der Waals surface area contributed by atoms with Gasteiger partial charge in [-0.15, -0.1) is 0 Å². The summed E-state index contributed by atoms with van der Waals surface area (Å²) < 4.78 is 31.6. The molecular weight excluding hydrogens is 347 g/mol. The van der Waals surface area contributed by atoms with Crippen molar-refractivity contribution in [2.45, 2.75) is 71.1 Å². The third-order valence-corrected chi connectivity index (χ3v) is 2.51. The normalized spacial score (nSPS) is 10.3. The number of hydrogen-bond acceptors (Lipinski definition) is 3. The summed E-state index contributed by atoms with van der Waals surface area (Å²) in [5.74, 6) is 0. The molecule has 0 atom stereocenters. The van der Waals surface area contributed by atoms with Gasteiger partial charge in [0.05, 0.1) is 0 Å². The van der Waals surface area contributed by atoms with Gasteiger partial charge in [-0.2, -0.15) is 8.42 Å². The standard InChI is InChI=1S/C12H26O.H2O4S.Zr/c1-2-3-4-5-6-7-8-9-10-11-12-13;1-5(2,3)4;/h13H,2-12H2,1H3;(H2,1,2,3,4);. The second-order valence-corrected chi connectivity index (χ2v) is 5.25. The molecule has 0 rings (SSSR count). The maximum absolute atomic E-state index is 8.74. The predicted molar refractivity (Wildman–Crippen MR) is 73.1 cm³/mol. The third kappa shape index (κ3) is 45.5. The minimum absolute atomic E-state index is 0. The molecular formula is C12H28O5SZr. The zero-order chi connectivity index (χ0) is 14.3. The topological polar surface area (TPSA) is 94.8 Å². The van der Waals surface area contributed by atoms with Crippen LogP contribution in [0, 0.1) is 0 Å². The molecule has 0 aromatic heterocycles. The largest absolute Gasteiger partial charge is 0.396 e. The van der Waals surface area contributed by atoms with Crippen molar-refractivity contribution < 1.29 is 48.8 Å². The first kappa shape index (κ1) is 24.7. The molecule has 0 aromatic rings. The van der Waals surface area contributed by atoms with E-state index in [-0.39, 0.29) is 26.2 Å². The molecule has 0 saturated heterocycles. The van der Waals surface area contributed by atoms with E-state index >= 15 is 0 Å². The van der Waals surface area contributed by atoms with E-state index in [2.05, 4.69) is 6.92 Å². The van der Waals surface area contributed by atoms with Gasteiger partial charge in [-0.1, -0.05) is 64.7 Å². The van der Waals surface area contributed by atoms with Gasteiger partial charge in [0.1, 0.15) is 0 Å². The van der Waals surface area contributed by atoms with Gasteiger partial charge >= 0.3 is 10.4 Å². The number of hydrogen-bond donors (Lipinski definition) is 3. The van der Waals surface area contributed by atoms with E-state index in [1.165, 1.54) is 57.8 Å². The van der Waals surface area contributed by atoms with Crippen molar-refractivity contribution in [1.29, 1.82) is 0 Å². The monoisotopic (exact) mass is 374 g/mol. The van der Waals surface area contributed by atoms with Crippen molar-refractivity contribution in [1.82, 2.24) is 0 Å². The maximum atomic E-state index is 8.74. The van der Waals surface area contributed by atoms with Crippen LogP contribution in [-0.4, -0.2) is 29.2 Å². The molecule has 0 aliphatic carbocycles. The molecule has 0 fully saturated rings. The average molecular weight is 376 g/mol. The van der Waals surface area contributed by atoms with Crippen LogP contribution >= 0.6 is 0 Å². The zero-order valence-corrected chi connectivity index (χ0v) is 15.1. The number of aliphatic hydroxyl groups is 1. The molecule has 0 unspecified atom stereocenters. The van der Waals surface area contributed by atoms with Crippen molar-refractivity contribution in [2.24, 2.45) is 0 Å². The molecule has 3 N–H and O–H groups in total. The summed E-state index contributed by atoms with van der Waals surface area (Å²) in [5, 5.41) is 8.57. The van der Waals surface area contributed by atoms with Crippen LogP contribution in [0.5, 0.6) is 0 Å². The summed E-state index contributed by atoms with van der Waals surface area (Å²) in [7, 11) is -4.67. The van der Waals surface area contributed by atoms with Crippen molar-refractivity contribution >= 4 is 10.4 Å². The van der Waals surface area contributed by atoms with Crippen LogP contribution in [0.25, 0.3) is 0 Å². The fourth-order valence-corrected chi connectivity index (χ4v) is 1.60. The predicted octanol–water partition coefficient (Wildman–Crippen LogP) is 3.24. The Labute approximate surface area is 136 Å². The van der Waals surface area contributed by atoms with E-state index in [4.69, 9.17) is 22.6 Å². The molecule has 0 aromatic carbocycles. The first-order valence-corrected chi connectivity index (χ1v) is 8.12. The molecule has 0 heterocycles. The van der Waals surface area contributed by atoms with Gasteiger partial charge < -0.3 is 5.11 Å². The Balaban J connectivity index is -0.000000366. The minimum Gasteiger partial charge on any atom is -0.396 e. The molecule has 0 bridgehead atoms. The van der Waals surface area contributed by atoms with E-state index in [9.17, 15) is 0 Å². The van der Waals surface area contributed by atoms with Crippen LogP contribution < -0.4 is 0 Å². The Kier molecular flexibility index (Phi) is 24.3. The van der Waals surface area contributed by atoms with E-state index in [1.54, 1.807) is 0 Å². The molecule has 5 nitrogen and oxygen atoms in total. The van der Waals surface area contributed by atoms with Crippen LogP contribution in [0.15, 0.2) is 0 Å². The van der Waals surface area contributed by atoms with Gasteiger partial charge in [0.15, 0.2) is 0 Å². The molecule has 116 valence electrons. The van der Waals surface area contributed by atoms with Crippen molar-refractivity contribution in [3.05, 3.63) is 0 Å². The van der Waals surface area contributed by atoms with Crippen LogP contribution in [0.1, 0.15) is 71.1 Å². The summed E-state index contributed by atoms with van der Waals surface area (Å²) in [4.78, 5) is 0. The second kappa shape index (κ2) is 18.7. The Morgan fingerprint density at radius 1 is 0.737 bits per heavy atom. The number of rotatable bonds is 10. The average Bonchev–Trinajstić information content (AvgIpc) is 2.25. The van der Waals surface area contributed by atoms with Crippen molar-refractivity contribution in [2.75, 3.05) is 6.61 Å². The van der Waals surface area contributed by atoms with Crippen molar-refractivity contribution in [3.63, 3.8) is 0 Å². The van der Waals surface area contributed by atoms with Gasteiger partial charge in [0, 0.05) is 32.8 Å². The summed E-state index contributed by atoms with van der Waals surface area (Å²) in [6.45, 7) is 2.63. The van der Waals surface area contributed by atoms with Gasteiger partial charge in [-0.05, 0) is 6.42 Å². The van der Waals surface area contributed by atoms with Crippen LogP contribution in [0.4, 0.5) is 0 Å². The number of unbranched alkanes of at least 4 members (excludes halogenated alkanes) is 9. The Hall–Kier alpha value is 0.713. The van der Waals surface area contributed by atoms with Gasteiger partial charge in [0.25, 0.3) is 0 Å². The van der Waals surface area contributed by atoms with E-state index < -0.39 is 10.4 Å². The molecule has 0 radical (unpaired) electrons. The smallest absolute Gasteiger partial charge is 0.394 e. The Bertz CT molecular complexity index is 227. The molecule has 19 heavy (non-hydrogen) atoms. The molecule has 0 amide bonds. The van der Waals surface area contributed by atoms with Gasteiger partial charge in [-0.3, -0.25) is 9.11 Å². The van der Waals surface area contributed by atoms with E-state index in [1.807, 2.05) is 0 Å². The Morgan fingerprint density at radius 2 is 1.00 bits per heavy atom. The minimum atomic E-state index is -4.67. The van der Waals surface area contributed by atoms with Crippen LogP contribution in [-0.2, 0) is 36.6 Å². The fourth-order valence-electron chi connectivity index (χ4n) is 1.60. The first-order valence-electron chi connectivity index (χ1n) is 6.72. The van der Waals surface area contributed by atoms with Crippen LogP contribution in [0.2, 0.25) is 0 Å². The van der Waals surface area contributed by atoms with E-state index in [0.29, 0.717) is 6.61 Å². The molecule has 7 heteroatoms. The second-order valence-electron chi connectivity index (χ2n) is 4.35. The summed E-state index contributed by atoms with van der Waals surface area (Å²) in [6, 6.07) is 0. The first-order chi connectivity index (χ1) is 8.41. The van der Waals surface area contributed by atoms with Gasteiger partial charge in [-0.25, -0.2) is 0 Å². The summed E-state index contributed by atoms with van der Waals surface area (Å²) in [6.07, 6.45) is 13.3. The summed E-state index contributed by atoms with van der Waals surface area (Å²) >= 11 is 0. The van der Waals surface area contributed by atoms with Gasteiger partial charge in [0.2, 0.25) is 0 Å².